The van der Waals surface area contributed by atoms with E-state index in [1.54, 1.807) is 24.3 Å². The normalized spacial score (nSPS) is 17.8. The van der Waals surface area contributed by atoms with Crippen LogP contribution in [0, 0.1) is 5.82 Å². The van der Waals surface area contributed by atoms with Crippen LogP contribution in [0.25, 0.3) is 22.2 Å². The van der Waals surface area contributed by atoms with Crippen LogP contribution in [0.4, 0.5) is 16.0 Å². The second-order valence-corrected chi connectivity index (χ2v) is 9.49. The number of ether oxygens (including phenoxy) is 1. The lowest BCUT2D eigenvalue weighted by Crippen LogP contribution is -2.42. The Morgan fingerprint density at radius 3 is 2.76 bits per heavy atom. The Kier molecular flexibility index (Phi) is 7.16. The van der Waals surface area contributed by atoms with E-state index in [9.17, 15) is 14.3 Å². The number of nitrogens with zero attached hydrogens (tertiary/aromatic N) is 3. The summed E-state index contributed by atoms with van der Waals surface area (Å²) in [5.41, 5.74) is 3.05. The van der Waals surface area contributed by atoms with E-state index in [-0.39, 0.29) is 35.8 Å². The van der Waals surface area contributed by atoms with Crippen molar-refractivity contribution in [3.8, 4) is 11.3 Å². The van der Waals surface area contributed by atoms with Crippen molar-refractivity contribution in [1.82, 2.24) is 14.5 Å². The molecule has 0 aliphatic carbocycles. The van der Waals surface area contributed by atoms with Crippen LogP contribution in [0.1, 0.15) is 32.0 Å². The number of fused-ring (bicyclic) bond motifs is 1. The van der Waals surface area contributed by atoms with Crippen molar-refractivity contribution in [1.29, 1.82) is 0 Å². The summed E-state index contributed by atoms with van der Waals surface area (Å²) in [6.07, 6.45) is 1.01. The summed E-state index contributed by atoms with van der Waals surface area (Å²) in [6, 6.07) is 16.4. The van der Waals surface area contributed by atoms with Crippen LogP contribution in [0.15, 0.2) is 65.6 Å². The number of nitrogens with one attached hydrogen (secondary N) is 2. The quantitative estimate of drug-likeness (QED) is 0.345. The maximum Gasteiger partial charge on any atom is 0.223 e. The van der Waals surface area contributed by atoms with Gasteiger partial charge in [0.1, 0.15) is 5.69 Å². The van der Waals surface area contributed by atoms with Gasteiger partial charge in [0.15, 0.2) is 11.2 Å². The van der Waals surface area contributed by atoms with E-state index in [4.69, 9.17) is 4.74 Å². The van der Waals surface area contributed by atoms with E-state index >= 15 is 0 Å². The molecule has 4 aromatic rings. The fourth-order valence-electron chi connectivity index (χ4n) is 4.73. The van der Waals surface area contributed by atoms with E-state index in [0.717, 1.165) is 17.6 Å². The highest BCUT2D eigenvalue weighted by Gasteiger charge is 2.25. The second-order valence-electron chi connectivity index (χ2n) is 9.49. The molecule has 0 bridgehead atoms. The van der Waals surface area contributed by atoms with Gasteiger partial charge in [0, 0.05) is 41.0 Å². The molecule has 2 aromatic heterocycles. The lowest BCUT2D eigenvalue weighted by Gasteiger charge is -2.28. The number of halogens is 1. The lowest BCUT2D eigenvalue weighted by atomic mass is 10.1. The Morgan fingerprint density at radius 2 is 2.00 bits per heavy atom. The van der Waals surface area contributed by atoms with Crippen LogP contribution in [0.2, 0.25) is 0 Å². The highest BCUT2D eigenvalue weighted by molar-refractivity contribution is 5.84. The summed E-state index contributed by atoms with van der Waals surface area (Å²) >= 11 is 0. The Morgan fingerprint density at radius 1 is 1.19 bits per heavy atom. The predicted molar refractivity (Wildman–Crippen MR) is 142 cm³/mol. The molecule has 0 saturated carbocycles. The predicted octanol–water partition coefficient (Wildman–Crippen LogP) is 4.35. The van der Waals surface area contributed by atoms with Gasteiger partial charge >= 0.3 is 0 Å². The molecule has 2 atom stereocenters. The largest absolute Gasteiger partial charge is 0.389 e. The molecule has 3 N–H and O–H groups in total. The van der Waals surface area contributed by atoms with Crippen molar-refractivity contribution < 1.29 is 14.2 Å². The minimum Gasteiger partial charge on any atom is -0.389 e. The van der Waals surface area contributed by atoms with Crippen LogP contribution in [-0.2, 0) is 11.3 Å². The molecule has 0 amide bonds. The molecule has 2 aromatic carbocycles. The third-order valence-electron chi connectivity index (χ3n) is 6.55. The Bertz CT molecular complexity index is 1460. The number of aliphatic hydroxyl groups is 1. The maximum atomic E-state index is 14.9. The number of anilines is 2. The van der Waals surface area contributed by atoms with Crippen molar-refractivity contribution in [2.45, 2.75) is 45.0 Å². The van der Waals surface area contributed by atoms with Gasteiger partial charge in [0.2, 0.25) is 5.95 Å². The zero-order valence-corrected chi connectivity index (χ0v) is 20.8. The van der Waals surface area contributed by atoms with E-state index in [1.807, 2.05) is 30.3 Å². The van der Waals surface area contributed by atoms with Crippen molar-refractivity contribution >= 4 is 22.5 Å². The van der Waals surface area contributed by atoms with Crippen LogP contribution < -0.4 is 16.1 Å². The first kappa shape index (κ1) is 24.9. The van der Waals surface area contributed by atoms with Gasteiger partial charge in [-0.05, 0) is 44.5 Å². The lowest BCUT2D eigenvalue weighted by molar-refractivity contribution is -0.0136. The van der Waals surface area contributed by atoms with E-state index < -0.39 is 11.9 Å². The second kappa shape index (κ2) is 10.7. The molecule has 0 unspecified atom stereocenters. The van der Waals surface area contributed by atoms with Crippen LogP contribution >= 0.6 is 0 Å². The van der Waals surface area contributed by atoms with Crippen LogP contribution in [-0.4, -0.2) is 45.0 Å². The minimum atomic E-state index is -0.699. The molecule has 3 heterocycles. The molecule has 1 aliphatic heterocycles. The zero-order valence-electron chi connectivity index (χ0n) is 20.8. The summed E-state index contributed by atoms with van der Waals surface area (Å²) in [4.78, 5) is 21.5. The number of benzene rings is 2. The summed E-state index contributed by atoms with van der Waals surface area (Å²) < 4.78 is 22.3. The highest BCUT2D eigenvalue weighted by Crippen LogP contribution is 2.28. The van der Waals surface area contributed by atoms with E-state index in [1.165, 1.54) is 0 Å². The topological polar surface area (TPSA) is 101 Å². The molecule has 9 heteroatoms. The molecular formula is C28H30FN5O3. The first-order valence-electron chi connectivity index (χ1n) is 12.4. The molecule has 192 valence electrons. The van der Waals surface area contributed by atoms with Gasteiger partial charge in [-0.25, -0.2) is 14.4 Å². The van der Waals surface area contributed by atoms with Gasteiger partial charge in [-0.15, -0.1) is 0 Å². The standard InChI is InChI=1S/C28H30FN5O3/c1-17(2)34-20(14-30-19-6-4-3-5-7-19)13-25(35)21-9-8-18(12-24(21)34)27-22(29)15-31-28(33-27)32-23-10-11-37-16-26(23)36/h3-9,12-13,15,17,23,26,30,36H,10-11,14,16H2,1-2H3,(H,31,32,33)/t23-,26-/m1/s1. The smallest absolute Gasteiger partial charge is 0.223 e. The minimum absolute atomic E-state index is 0.0494. The number of aliphatic hydroxyl groups excluding tert-OH is 1. The molecule has 5 rings (SSSR count). The first-order valence-corrected chi connectivity index (χ1v) is 12.4. The third kappa shape index (κ3) is 5.33. The average Bonchev–Trinajstić information content (AvgIpc) is 2.90. The van der Waals surface area contributed by atoms with Crippen molar-refractivity contribution in [3.05, 3.63) is 82.5 Å². The fourth-order valence-corrected chi connectivity index (χ4v) is 4.73. The average molecular weight is 504 g/mol. The summed E-state index contributed by atoms with van der Waals surface area (Å²) in [7, 11) is 0. The fraction of sp³-hybridized carbons (Fsp3) is 0.321. The molecule has 1 saturated heterocycles. The maximum absolute atomic E-state index is 14.9. The molecule has 37 heavy (non-hydrogen) atoms. The number of rotatable bonds is 7. The Labute approximate surface area is 214 Å². The number of pyridine rings is 1. The highest BCUT2D eigenvalue weighted by atomic mass is 19.1. The van der Waals surface area contributed by atoms with Gasteiger partial charge in [0.05, 0.1) is 37.0 Å². The molecular weight excluding hydrogens is 473 g/mol. The van der Waals surface area contributed by atoms with Crippen LogP contribution in [0.5, 0.6) is 0 Å². The van der Waals surface area contributed by atoms with Gasteiger partial charge in [-0.2, -0.15) is 0 Å². The Hall–Kier alpha value is -3.82. The van der Waals surface area contributed by atoms with Crippen molar-refractivity contribution in [3.63, 3.8) is 0 Å². The van der Waals surface area contributed by atoms with Gasteiger partial charge in [-0.1, -0.05) is 24.3 Å². The molecule has 1 fully saturated rings. The summed E-state index contributed by atoms with van der Waals surface area (Å²) in [5, 5.41) is 17.2. The molecule has 0 radical (unpaired) electrons. The van der Waals surface area contributed by atoms with E-state index in [2.05, 4.69) is 39.0 Å². The first-order chi connectivity index (χ1) is 17.9. The zero-order chi connectivity index (χ0) is 25.9. The van der Waals surface area contributed by atoms with Crippen molar-refractivity contribution in [2.75, 3.05) is 23.8 Å². The van der Waals surface area contributed by atoms with E-state index in [0.29, 0.717) is 36.0 Å². The number of hydrogen-bond acceptors (Lipinski definition) is 7. The summed E-state index contributed by atoms with van der Waals surface area (Å²) in [5.74, 6) is -0.345. The molecule has 8 nitrogen and oxygen atoms in total. The number of hydrogen-bond donors (Lipinski definition) is 3. The monoisotopic (exact) mass is 503 g/mol. The van der Waals surface area contributed by atoms with Crippen LogP contribution in [0.3, 0.4) is 0 Å². The Balaban J connectivity index is 1.53. The van der Waals surface area contributed by atoms with Gasteiger partial charge in [-0.3, -0.25) is 4.79 Å². The summed E-state index contributed by atoms with van der Waals surface area (Å²) in [6.45, 7) is 5.30. The number of aromatic nitrogens is 3. The molecule has 0 spiro atoms. The SMILES string of the molecule is CC(C)n1c(CNc2ccccc2)cc(=O)c2ccc(-c3nc(N[C@@H]4CCOC[C@H]4O)ncc3F)cc21. The molecule has 1 aliphatic rings. The van der Waals surface area contributed by atoms with Crippen molar-refractivity contribution in [2.24, 2.45) is 0 Å². The third-order valence-corrected chi connectivity index (χ3v) is 6.55. The number of para-hydroxylation sites is 1. The van der Waals surface area contributed by atoms with Gasteiger partial charge in [0.25, 0.3) is 0 Å². The van der Waals surface area contributed by atoms with Gasteiger partial charge < -0.3 is 25.0 Å².